The van der Waals surface area contributed by atoms with Crippen LogP contribution in [0.1, 0.15) is 36.1 Å². The summed E-state index contributed by atoms with van der Waals surface area (Å²) in [6, 6.07) is 0. The number of carbonyl (C=O) groups is 2. The molecule has 2 rings (SSSR count). The van der Waals surface area contributed by atoms with Crippen LogP contribution in [-0.2, 0) is 14.3 Å². The molecule has 1 amide bonds. The Morgan fingerprint density at radius 2 is 2.04 bits per heavy atom. The molecule has 1 aromatic heterocycles. The van der Waals surface area contributed by atoms with E-state index >= 15 is 0 Å². The van der Waals surface area contributed by atoms with Gasteiger partial charge < -0.3 is 0 Å². The van der Waals surface area contributed by atoms with Crippen LogP contribution in [-0.4, -0.2) is 63.1 Å². The van der Waals surface area contributed by atoms with E-state index in [2.05, 4.69) is 5.32 Å². The van der Waals surface area contributed by atoms with Crippen molar-refractivity contribution in [3.05, 3.63) is 15.8 Å². The van der Waals surface area contributed by atoms with E-state index in [0.717, 1.165) is 42.7 Å². The number of rotatable bonds is 7. The Balaban J connectivity index is 2.12. The molecule has 1 aliphatic rings. The molecule has 129 valence electrons. The van der Waals surface area contributed by atoms with Crippen LogP contribution in [0.5, 0.6) is 0 Å². The second kappa shape index (κ2) is 8.58. The number of nitrogens with zero attached hydrogens (tertiary/aromatic N) is 1. The first-order valence-electron chi connectivity index (χ1n) is 8.35. The van der Waals surface area contributed by atoms with Crippen molar-refractivity contribution >= 4 is 42.4 Å². The molecule has 1 aliphatic heterocycles. The number of anilines is 1. The van der Waals surface area contributed by atoms with Crippen molar-refractivity contribution in [2.75, 3.05) is 38.6 Å². The van der Waals surface area contributed by atoms with Gasteiger partial charge in [0.05, 0.1) is 0 Å². The fraction of sp³-hybridized carbons (Fsp3) is 0.588. The summed E-state index contributed by atoms with van der Waals surface area (Å²) < 4.78 is 5.65. The molecular weight excluding hydrogens is 323 g/mol. The van der Waals surface area contributed by atoms with Gasteiger partial charge >= 0.3 is 148 Å². The van der Waals surface area contributed by atoms with Gasteiger partial charge in [-0.05, 0) is 0 Å². The van der Waals surface area contributed by atoms with Crippen LogP contribution in [0.15, 0.2) is 5.38 Å². The molecule has 0 bridgehead atoms. The van der Waals surface area contributed by atoms with Crippen molar-refractivity contribution in [2.24, 2.45) is 0 Å². The fourth-order valence-electron chi connectivity index (χ4n) is 3.28. The van der Waals surface area contributed by atoms with Crippen LogP contribution < -0.4 is 5.32 Å². The van der Waals surface area contributed by atoms with Crippen molar-refractivity contribution in [2.45, 2.75) is 32.6 Å². The third kappa shape index (κ3) is 4.54. The van der Waals surface area contributed by atoms with Crippen molar-refractivity contribution in [1.82, 2.24) is 0 Å². The zero-order valence-electron chi connectivity index (χ0n) is 14.5. The van der Waals surface area contributed by atoms with Crippen molar-refractivity contribution < 1.29 is 18.8 Å². The Hall–Kier alpha value is -1.47. The van der Waals surface area contributed by atoms with Crippen molar-refractivity contribution in [3.8, 4) is 0 Å². The van der Waals surface area contributed by atoms with Crippen LogP contribution in [0.3, 0.4) is 0 Å². The molecule has 7 heteroatoms. The van der Waals surface area contributed by atoms with E-state index in [1.54, 1.807) is 0 Å². The maximum absolute atomic E-state index is 12.7. The Bertz CT molecular complexity index is 607. The summed E-state index contributed by atoms with van der Waals surface area (Å²) in [5.74, 6) is -0.0783. The second-order valence-corrected chi connectivity index (χ2v) is 7.33. The maximum atomic E-state index is 12.7. The molecule has 0 saturated carbocycles. The summed E-state index contributed by atoms with van der Waals surface area (Å²) in [5.41, 5.74) is 1.97. The van der Waals surface area contributed by atoms with Gasteiger partial charge in [-0.2, -0.15) is 0 Å². The predicted octanol–water partition coefficient (Wildman–Crippen LogP) is 1.88. The Morgan fingerprint density at radius 1 is 1.38 bits per heavy atom. The molecule has 1 radical (unpaired) electrons. The van der Waals surface area contributed by atoms with E-state index in [4.69, 9.17) is 12.2 Å². The van der Waals surface area contributed by atoms with E-state index in [1.165, 1.54) is 31.3 Å². The number of thiophene rings is 1. The van der Waals surface area contributed by atoms with E-state index in [-0.39, 0.29) is 5.91 Å². The summed E-state index contributed by atoms with van der Waals surface area (Å²) in [4.78, 5) is 24.5. The summed E-state index contributed by atoms with van der Waals surface area (Å²) in [7, 11) is 7.38. The third-order valence-electron chi connectivity index (χ3n) is 4.64. The third-order valence-corrected chi connectivity index (χ3v) is 5.75. The first kappa shape index (κ1) is 18.9. The molecule has 2 heterocycles. The van der Waals surface area contributed by atoms with Crippen molar-refractivity contribution in [1.29, 1.82) is 0 Å². The number of carbonyl (C=O) groups excluding carboxylic acids is 2. The Morgan fingerprint density at radius 3 is 2.62 bits per heavy atom. The van der Waals surface area contributed by atoms with Gasteiger partial charge in [-0.15, -0.1) is 0 Å². The van der Waals surface area contributed by atoms with E-state index in [9.17, 15) is 9.59 Å². The van der Waals surface area contributed by atoms with Crippen LogP contribution in [0, 0.1) is 6.92 Å². The van der Waals surface area contributed by atoms with Gasteiger partial charge in [0.15, 0.2) is 0 Å². The number of nitrogens with one attached hydrogen (secondary N) is 1. The normalized spacial score (nSPS) is 16.9. The summed E-state index contributed by atoms with van der Waals surface area (Å²) in [6.07, 6.45) is 5.42. The first-order valence-corrected chi connectivity index (χ1v) is 9.23. The number of methoxy groups -OCH3 is 1. The van der Waals surface area contributed by atoms with Gasteiger partial charge in [-0.1, -0.05) is 0 Å². The van der Waals surface area contributed by atoms with Gasteiger partial charge in [0.2, 0.25) is 0 Å². The molecule has 0 spiro atoms. The Labute approximate surface area is 148 Å². The molecular formula is C17H25BN2O3S+. The average Bonchev–Trinajstić information content (AvgIpc) is 2.76. The number of amides is 1. The van der Waals surface area contributed by atoms with Gasteiger partial charge in [-0.3, -0.25) is 0 Å². The van der Waals surface area contributed by atoms with Crippen molar-refractivity contribution in [3.63, 3.8) is 0 Å². The molecule has 1 fully saturated rings. The zero-order valence-corrected chi connectivity index (χ0v) is 15.3. The van der Waals surface area contributed by atoms with Crippen LogP contribution in [0.25, 0.3) is 0 Å². The molecule has 0 aromatic carbocycles. The minimum absolute atomic E-state index is 0.0783. The molecule has 1 N–H and O–H groups in total. The molecule has 1 aromatic rings. The Kier molecular flexibility index (Phi) is 6.74. The molecule has 1 saturated heterocycles. The average molecular weight is 348 g/mol. The second-order valence-electron chi connectivity index (χ2n) is 6.45. The van der Waals surface area contributed by atoms with Gasteiger partial charge in [0.25, 0.3) is 0 Å². The minimum atomic E-state index is -0.0783. The van der Waals surface area contributed by atoms with Crippen LogP contribution in [0.2, 0.25) is 0 Å². The number of aryl methyl sites for hydroxylation is 1. The fourth-order valence-corrected chi connectivity index (χ4v) is 4.22. The van der Waals surface area contributed by atoms with Crippen LogP contribution >= 0.6 is 11.3 Å². The molecule has 0 unspecified atom stereocenters. The first-order chi connectivity index (χ1) is 11.5. The summed E-state index contributed by atoms with van der Waals surface area (Å²) in [6.45, 7) is 4.41. The van der Waals surface area contributed by atoms with E-state index in [0.29, 0.717) is 28.9 Å². The number of ether oxygens (including phenoxy) is 1. The van der Waals surface area contributed by atoms with E-state index in [1.807, 2.05) is 12.3 Å². The van der Waals surface area contributed by atoms with Crippen LogP contribution in [0.4, 0.5) is 5.69 Å². The van der Waals surface area contributed by atoms with Gasteiger partial charge in [-0.25, -0.2) is 0 Å². The molecule has 0 aliphatic carbocycles. The predicted molar refractivity (Wildman–Crippen MR) is 98.8 cm³/mol. The van der Waals surface area contributed by atoms with Gasteiger partial charge in [0.1, 0.15) is 0 Å². The molecule has 5 nitrogen and oxygen atoms in total. The van der Waals surface area contributed by atoms with E-state index < -0.39 is 0 Å². The standard InChI is InChI=1S/C17H24BN2O3S/c1-13-12-24-16(17(18)23-2)15(13)19-14(22)11-20(9-10-21)7-5-3-4-6-8-20/h10,12H,3-9,11H2,1-2H3/p+1. The number of likely N-dealkylation sites (tertiary alicyclic amines) is 1. The number of hydrogen-bond donors (Lipinski definition) is 1. The number of hydrogen-bond acceptors (Lipinski definition) is 4. The number of aldehydes is 1. The monoisotopic (exact) mass is 348 g/mol. The summed E-state index contributed by atoms with van der Waals surface area (Å²) >= 11 is 1.45. The topological polar surface area (TPSA) is 55.4 Å². The molecule has 24 heavy (non-hydrogen) atoms. The summed E-state index contributed by atoms with van der Waals surface area (Å²) in [5, 5.41) is 4.93. The van der Waals surface area contributed by atoms with Gasteiger partial charge in [0, 0.05) is 0 Å². The molecule has 0 atom stereocenters. The zero-order chi connectivity index (χ0) is 17.6. The quantitative estimate of drug-likeness (QED) is 0.465. The number of quaternary nitrogens is 1. The SMILES string of the molecule is [B]=C(OC)c1scc(C)c1NC(=O)C[N+]1(CC=O)CCCCCC1.